The van der Waals surface area contributed by atoms with Gasteiger partial charge in [-0.05, 0) is 36.6 Å². The molecule has 0 saturated carbocycles. The van der Waals surface area contributed by atoms with Gasteiger partial charge in [-0.25, -0.2) is 4.98 Å². The topological polar surface area (TPSA) is 45.9 Å². The summed E-state index contributed by atoms with van der Waals surface area (Å²) in [5.41, 5.74) is 1.86. The Kier molecular flexibility index (Phi) is 4.52. The largest absolute Gasteiger partial charge is 0.439 e. The first-order valence-electron chi connectivity index (χ1n) is 6.45. The molecule has 0 radical (unpaired) electrons. The lowest BCUT2D eigenvalue weighted by Gasteiger charge is -2.06. The fourth-order valence-corrected chi connectivity index (χ4v) is 1.76. The minimum atomic E-state index is 0.445. The quantitative estimate of drug-likeness (QED) is 0.805. The zero-order valence-corrected chi connectivity index (χ0v) is 11.0. The molecular weight excluding hydrogens is 236 g/mol. The van der Waals surface area contributed by atoms with Crippen LogP contribution >= 0.6 is 0 Å². The molecule has 0 aliphatic heterocycles. The molecule has 0 fully saturated rings. The van der Waals surface area contributed by atoms with Gasteiger partial charge in [0, 0.05) is 12.3 Å². The van der Waals surface area contributed by atoms with E-state index in [1.165, 1.54) is 18.4 Å². The van der Waals surface area contributed by atoms with Gasteiger partial charge in [-0.15, -0.1) is 0 Å². The third-order valence-corrected chi connectivity index (χ3v) is 2.83. The highest BCUT2D eigenvalue weighted by Gasteiger charge is 2.00. The number of nitriles is 1. The van der Waals surface area contributed by atoms with Crippen LogP contribution in [0.5, 0.6) is 11.6 Å². The first kappa shape index (κ1) is 13.1. The number of hydrogen-bond donors (Lipinski definition) is 0. The van der Waals surface area contributed by atoms with Gasteiger partial charge < -0.3 is 4.74 Å². The Balaban J connectivity index is 2.04. The zero-order chi connectivity index (χ0) is 13.5. The first-order chi connectivity index (χ1) is 9.31. The van der Waals surface area contributed by atoms with Crippen LogP contribution in [0.1, 0.15) is 30.9 Å². The summed E-state index contributed by atoms with van der Waals surface area (Å²) in [6.07, 6.45) is 5.07. The van der Waals surface area contributed by atoms with Crippen LogP contribution in [-0.4, -0.2) is 4.98 Å². The lowest BCUT2D eigenvalue weighted by atomic mass is 10.1. The lowest BCUT2D eigenvalue weighted by Crippen LogP contribution is -1.89. The summed E-state index contributed by atoms with van der Waals surface area (Å²) >= 11 is 0. The Hall–Kier alpha value is -2.34. The molecule has 1 aromatic heterocycles. The monoisotopic (exact) mass is 252 g/mol. The van der Waals surface area contributed by atoms with Crippen LogP contribution in [0.2, 0.25) is 0 Å². The molecule has 96 valence electrons. The van der Waals surface area contributed by atoms with Crippen molar-refractivity contribution in [1.29, 1.82) is 5.26 Å². The summed E-state index contributed by atoms with van der Waals surface area (Å²) in [7, 11) is 0. The number of unbranched alkanes of at least 4 members (excludes halogenated alkanes) is 1. The molecule has 19 heavy (non-hydrogen) atoms. The maximum Gasteiger partial charge on any atom is 0.220 e. The maximum absolute atomic E-state index is 8.81. The van der Waals surface area contributed by atoms with Crippen molar-refractivity contribution in [2.24, 2.45) is 0 Å². The normalized spacial score (nSPS) is 9.89. The van der Waals surface area contributed by atoms with Crippen LogP contribution in [0.15, 0.2) is 42.6 Å². The number of hydrogen-bond acceptors (Lipinski definition) is 3. The summed E-state index contributed by atoms with van der Waals surface area (Å²) in [6, 6.07) is 13.4. The fourth-order valence-electron chi connectivity index (χ4n) is 1.76. The van der Waals surface area contributed by atoms with E-state index in [2.05, 4.69) is 30.1 Å². The number of aromatic nitrogens is 1. The SMILES string of the molecule is CCCCc1ccc(Oc2cc(C#N)ccn2)cc1. The van der Waals surface area contributed by atoms with E-state index < -0.39 is 0 Å². The van der Waals surface area contributed by atoms with Gasteiger partial charge in [-0.2, -0.15) is 5.26 Å². The van der Waals surface area contributed by atoms with E-state index in [0.717, 1.165) is 12.2 Å². The van der Waals surface area contributed by atoms with Crippen LogP contribution in [0, 0.1) is 11.3 Å². The second kappa shape index (κ2) is 6.55. The highest BCUT2D eigenvalue weighted by atomic mass is 16.5. The van der Waals surface area contributed by atoms with Crippen LogP contribution < -0.4 is 4.74 Å². The van der Waals surface area contributed by atoms with Gasteiger partial charge in [0.05, 0.1) is 11.6 Å². The zero-order valence-electron chi connectivity index (χ0n) is 11.0. The molecule has 0 aliphatic carbocycles. The van der Waals surface area contributed by atoms with E-state index in [4.69, 9.17) is 10.00 Å². The molecular formula is C16H16N2O. The molecule has 3 heteroatoms. The van der Waals surface area contributed by atoms with Crippen molar-refractivity contribution >= 4 is 0 Å². The summed E-state index contributed by atoms with van der Waals surface area (Å²) in [6.45, 7) is 2.19. The molecule has 1 aromatic carbocycles. The molecule has 0 spiro atoms. The summed E-state index contributed by atoms with van der Waals surface area (Å²) in [5.74, 6) is 1.18. The van der Waals surface area contributed by atoms with E-state index >= 15 is 0 Å². The molecule has 0 amide bonds. The van der Waals surface area contributed by atoms with Crippen molar-refractivity contribution in [3.05, 3.63) is 53.7 Å². The highest BCUT2D eigenvalue weighted by molar-refractivity contribution is 5.35. The van der Waals surface area contributed by atoms with Crippen molar-refractivity contribution in [2.75, 3.05) is 0 Å². The van der Waals surface area contributed by atoms with E-state index in [-0.39, 0.29) is 0 Å². The van der Waals surface area contributed by atoms with Gasteiger partial charge in [0.25, 0.3) is 0 Å². The smallest absolute Gasteiger partial charge is 0.220 e. The third-order valence-electron chi connectivity index (χ3n) is 2.83. The number of rotatable bonds is 5. The lowest BCUT2D eigenvalue weighted by molar-refractivity contribution is 0.462. The van der Waals surface area contributed by atoms with Crippen molar-refractivity contribution in [2.45, 2.75) is 26.2 Å². The Morgan fingerprint density at radius 2 is 2.00 bits per heavy atom. The second-order valence-corrected chi connectivity index (χ2v) is 4.34. The van der Waals surface area contributed by atoms with Crippen LogP contribution in [0.25, 0.3) is 0 Å². The first-order valence-corrected chi connectivity index (χ1v) is 6.45. The highest BCUT2D eigenvalue weighted by Crippen LogP contribution is 2.20. The van der Waals surface area contributed by atoms with Gasteiger partial charge in [0.1, 0.15) is 5.75 Å². The van der Waals surface area contributed by atoms with E-state index in [1.54, 1.807) is 18.3 Å². The Morgan fingerprint density at radius 1 is 1.21 bits per heavy atom. The minimum absolute atomic E-state index is 0.445. The van der Waals surface area contributed by atoms with Gasteiger partial charge >= 0.3 is 0 Å². The Morgan fingerprint density at radius 3 is 2.68 bits per heavy atom. The molecule has 2 aromatic rings. The second-order valence-electron chi connectivity index (χ2n) is 4.34. The van der Waals surface area contributed by atoms with Crippen molar-refractivity contribution in [1.82, 2.24) is 4.98 Å². The molecule has 0 saturated heterocycles. The fraction of sp³-hybridized carbons (Fsp3) is 0.250. The van der Waals surface area contributed by atoms with Crippen LogP contribution in [0.4, 0.5) is 0 Å². The maximum atomic E-state index is 8.81. The molecule has 0 aliphatic rings. The average Bonchev–Trinajstić information content (AvgIpc) is 2.47. The molecule has 1 heterocycles. The molecule has 0 atom stereocenters. The molecule has 0 bridgehead atoms. The number of benzene rings is 1. The number of aryl methyl sites for hydroxylation is 1. The molecule has 0 N–H and O–H groups in total. The standard InChI is InChI=1S/C16H16N2O/c1-2-3-4-13-5-7-15(8-6-13)19-16-11-14(12-17)9-10-18-16/h5-11H,2-4H2,1H3. The van der Waals surface area contributed by atoms with Crippen LogP contribution in [-0.2, 0) is 6.42 Å². The van der Waals surface area contributed by atoms with Crippen LogP contribution in [0.3, 0.4) is 0 Å². The summed E-state index contributed by atoms with van der Waals surface area (Å²) in [4.78, 5) is 4.08. The Bertz CT molecular complexity index is 570. The van der Waals surface area contributed by atoms with Crippen molar-refractivity contribution in [3.8, 4) is 17.7 Å². The summed E-state index contributed by atoms with van der Waals surface area (Å²) in [5, 5.41) is 8.81. The van der Waals surface area contributed by atoms with Gasteiger partial charge in [0.2, 0.25) is 5.88 Å². The molecule has 2 rings (SSSR count). The van der Waals surface area contributed by atoms with Gasteiger partial charge in [-0.3, -0.25) is 0 Å². The molecule has 3 nitrogen and oxygen atoms in total. The predicted octanol–water partition coefficient (Wildman–Crippen LogP) is 4.09. The van der Waals surface area contributed by atoms with E-state index in [1.807, 2.05) is 12.1 Å². The number of pyridine rings is 1. The van der Waals surface area contributed by atoms with E-state index in [0.29, 0.717) is 11.4 Å². The number of ether oxygens (including phenoxy) is 1. The van der Waals surface area contributed by atoms with Crippen molar-refractivity contribution < 1.29 is 4.74 Å². The number of nitrogens with zero attached hydrogens (tertiary/aromatic N) is 2. The third kappa shape index (κ3) is 3.82. The predicted molar refractivity (Wildman–Crippen MR) is 74.1 cm³/mol. The van der Waals surface area contributed by atoms with Gasteiger partial charge in [0.15, 0.2) is 0 Å². The van der Waals surface area contributed by atoms with E-state index in [9.17, 15) is 0 Å². The molecule has 0 unspecified atom stereocenters. The average molecular weight is 252 g/mol. The minimum Gasteiger partial charge on any atom is -0.439 e. The van der Waals surface area contributed by atoms with Crippen molar-refractivity contribution in [3.63, 3.8) is 0 Å². The summed E-state index contributed by atoms with van der Waals surface area (Å²) < 4.78 is 5.62. The van der Waals surface area contributed by atoms with Gasteiger partial charge in [-0.1, -0.05) is 25.5 Å². The Labute approximate surface area is 113 Å².